The van der Waals surface area contributed by atoms with Gasteiger partial charge in [0.15, 0.2) is 0 Å². The molecule has 4 atom stereocenters. The molecule has 2 aliphatic rings. The molecule has 0 radical (unpaired) electrons. The molecule has 4 nitrogen and oxygen atoms in total. The van der Waals surface area contributed by atoms with Gasteiger partial charge in [0.05, 0.1) is 6.10 Å². The molecule has 21 heavy (non-hydrogen) atoms. The second-order valence-electron chi connectivity index (χ2n) is 6.03. The Morgan fingerprint density at radius 2 is 2.10 bits per heavy atom. The fourth-order valence-corrected chi connectivity index (χ4v) is 3.97. The first-order valence-electron chi connectivity index (χ1n) is 7.37. The van der Waals surface area contributed by atoms with E-state index < -0.39 is 5.97 Å². The van der Waals surface area contributed by atoms with E-state index >= 15 is 0 Å². The van der Waals surface area contributed by atoms with Crippen molar-refractivity contribution in [3.8, 4) is 0 Å². The molecule has 2 bridgehead atoms. The molecule has 2 aliphatic heterocycles. The summed E-state index contributed by atoms with van der Waals surface area (Å²) in [5.74, 6) is -0.664. The van der Waals surface area contributed by atoms with Crippen molar-refractivity contribution in [2.24, 2.45) is 0 Å². The van der Waals surface area contributed by atoms with Crippen molar-refractivity contribution in [3.05, 3.63) is 34.9 Å². The fraction of sp³-hybridized carbons (Fsp3) is 0.562. The lowest BCUT2D eigenvalue weighted by Crippen LogP contribution is -2.50. The van der Waals surface area contributed by atoms with Crippen molar-refractivity contribution in [2.45, 2.75) is 43.4 Å². The number of benzene rings is 1. The number of aliphatic carboxylic acids is 1. The van der Waals surface area contributed by atoms with E-state index in [1.807, 2.05) is 24.3 Å². The van der Waals surface area contributed by atoms with E-state index in [2.05, 4.69) is 11.9 Å². The molecular formula is C16H20ClNO3. The molecule has 3 rings (SSSR count). The van der Waals surface area contributed by atoms with E-state index in [1.54, 1.807) is 0 Å². The fourth-order valence-electron chi connectivity index (χ4n) is 3.85. The van der Waals surface area contributed by atoms with Gasteiger partial charge in [0.1, 0.15) is 6.61 Å². The summed E-state index contributed by atoms with van der Waals surface area (Å²) in [6, 6.07) is 8.74. The number of carbonyl (C=O) groups is 1. The van der Waals surface area contributed by atoms with Gasteiger partial charge in [0.2, 0.25) is 0 Å². The molecule has 2 heterocycles. The number of likely N-dealkylation sites (N-methyl/N-ethyl adjacent to an activating group) is 1. The van der Waals surface area contributed by atoms with Crippen LogP contribution in [-0.4, -0.2) is 47.8 Å². The maximum absolute atomic E-state index is 10.9. The number of hydrogen-bond acceptors (Lipinski definition) is 3. The third kappa shape index (κ3) is 2.93. The monoisotopic (exact) mass is 309 g/mol. The summed E-state index contributed by atoms with van der Waals surface area (Å²) in [5, 5.41) is 9.64. The molecule has 2 saturated heterocycles. The van der Waals surface area contributed by atoms with Crippen LogP contribution in [0.3, 0.4) is 0 Å². The van der Waals surface area contributed by atoms with Crippen molar-refractivity contribution < 1.29 is 14.6 Å². The first kappa shape index (κ1) is 14.8. The molecule has 114 valence electrons. The Kier molecular flexibility index (Phi) is 4.20. The lowest BCUT2D eigenvalue weighted by Gasteiger charge is -2.42. The summed E-state index contributed by atoms with van der Waals surface area (Å²) in [6.07, 6.45) is 3.19. The van der Waals surface area contributed by atoms with E-state index in [-0.39, 0.29) is 18.6 Å². The van der Waals surface area contributed by atoms with Gasteiger partial charge in [-0.05, 0) is 44.0 Å². The van der Waals surface area contributed by atoms with Crippen molar-refractivity contribution in [1.82, 2.24) is 4.90 Å². The molecule has 0 aromatic heterocycles. The maximum atomic E-state index is 10.9. The van der Waals surface area contributed by atoms with Gasteiger partial charge in [-0.1, -0.05) is 23.7 Å². The summed E-state index contributed by atoms with van der Waals surface area (Å²) in [6.45, 7) is -0.232. The largest absolute Gasteiger partial charge is 0.480 e. The van der Waals surface area contributed by atoms with Crippen LogP contribution in [0.15, 0.2) is 24.3 Å². The molecule has 0 amide bonds. The Balaban J connectivity index is 1.85. The Bertz CT molecular complexity index is 519. The van der Waals surface area contributed by atoms with Crippen molar-refractivity contribution >= 4 is 17.6 Å². The van der Waals surface area contributed by atoms with Crippen LogP contribution in [0.25, 0.3) is 0 Å². The number of hydrogen-bond donors (Lipinski definition) is 1. The highest BCUT2D eigenvalue weighted by Crippen LogP contribution is 2.43. The van der Waals surface area contributed by atoms with Crippen LogP contribution in [0.4, 0.5) is 0 Å². The first-order chi connectivity index (χ1) is 10.1. The van der Waals surface area contributed by atoms with Gasteiger partial charge in [0, 0.05) is 23.0 Å². The van der Waals surface area contributed by atoms with Crippen LogP contribution < -0.4 is 0 Å². The standard InChI is InChI=1S/C16H20ClNO3/c1-18-12-6-7-14(18)16(21-9-15(19)20)13(8-12)10-2-4-11(17)5-3-10/h2-5,12-14,16H,6-9H2,1H3,(H,19,20)/t12-,13-,14+,16+/m0/s1. The molecule has 2 fully saturated rings. The molecule has 0 saturated carbocycles. The number of rotatable bonds is 4. The number of fused-ring (bicyclic) bond motifs is 2. The molecule has 1 N–H and O–H groups in total. The Labute approximate surface area is 129 Å². The minimum Gasteiger partial charge on any atom is -0.480 e. The van der Waals surface area contributed by atoms with Crippen LogP contribution in [0.2, 0.25) is 5.02 Å². The average Bonchev–Trinajstić information content (AvgIpc) is 2.70. The van der Waals surface area contributed by atoms with Crippen LogP contribution in [-0.2, 0) is 9.53 Å². The van der Waals surface area contributed by atoms with E-state index in [0.717, 1.165) is 24.3 Å². The van der Waals surface area contributed by atoms with Crippen LogP contribution in [0.1, 0.15) is 30.7 Å². The summed E-state index contributed by atoms with van der Waals surface area (Å²) < 4.78 is 5.77. The summed E-state index contributed by atoms with van der Waals surface area (Å²) in [4.78, 5) is 13.2. The third-order valence-electron chi connectivity index (χ3n) is 4.89. The summed E-state index contributed by atoms with van der Waals surface area (Å²) >= 11 is 5.97. The molecule has 1 aromatic rings. The molecular weight excluding hydrogens is 290 g/mol. The maximum Gasteiger partial charge on any atom is 0.329 e. The highest BCUT2D eigenvalue weighted by Gasteiger charge is 2.46. The molecule has 1 aromatic carbocycles. The first-order valence-corrected chi connectivity index (χ1v) is 7.75. The topological polar surface area (TPSA) is 49.8 Å². The summed E-state index contributed by atoms with van der Waals surface area (Å²) in [5.41, 5.74) is 1.19. The van der Waals surface area contributed by atoms with E-state index in [4.69, 9.17) is 21.4 Å². The van der Waals surface area contributed by atoms with Crippen molar-refractivity contribution in [1.29, 1.82) is 0 Å². The van der Waals surface area contributed by atoms with Crippen LogP contribution >= 0.6 is 11.6 Å². The molecule has 0 spiro atoms. The minimum absolute atomic E-state index is 0.0639. The van der Waals surface area contributed by atoms with E-state index in [0.29, 0.717) is 12.1 Å². The predicted molar refractivity (Wildman–Crippen MR) is 80.8 cm³/mol. The van der Waals surface area contributed by atoms with Crippen molar-refractivity contribution in [3.63, 3.8) is 0 Å². The van der Waals surface area contributed by atoms with Crippen molar-refractivity contribution in [2.75, 3.05) is 13.7 Å². The van der Waals surface area contributed by atoms with Gasteiger partial charge in [-0.3, -0.25) is 4.90 Å². The molecule has 0 aliphatic carbocycles. The van der Waals surface area contributed by atoms with Gasteiger partial charge in [-0.2, -0.15) is 0 Å². The second-order valence-corrected chi connectivity index (χ2v) is 6.46. The van der Waals surface area contributed by atoms with E-state index in [9.17, 15) is 4.79 Å². The number of halogens is 1. The number of nitrogens with zero attached hydrogens (tertiary/aromatic N) is 1. The number of piperidine rings is 1. The lowest BCUT2D eigenvalue weighted by atomic mass is 9.82. The Morgan fingerprint density at radius 3 is 2.76 bits per heavy atom. The zero-order valence-corrected chi connectivity index (χ0v) is 12.8. The van der Waals surface area contributed by atoms with Gasteiger partial charge in [0.25, 0.3) is 0 Å². The van der Waals surface area contributed by atoms with Gasteiger partial charge in [-0.25, -0.2) is 4.79 Å². The van der Waals surface area contributed by atoms with Gasteiger partial charge >= 0.3 is 5.97 Å². The zero-order chi connectivity index (χ0) is 15.0. The quantitative estimate of drug-likeness (QED) is 0.929. The predicted octanol–water partition coefficient (Wildman–Crippen LogP) is 2.76. The highest BCUT2D eigenvalue weighted by atomic mass is 35.5. The van der Waals surface area contributed by atoms with E-state index in [1.165, 1.54) is 5.56 Å². The number of carboxylic acids is 1. The average molecular weight is 310 g/mol. The zero-order valence-electron chi connectivity index (χ0n) is 12.0. The third-order valence-corrected chi connectivity index (χ3v) is 5.15. The number of ether oxygens (including phenoxy) is 1. The number of carboxylic acid groups (broad SMARTS) is 1. The molecule has 5 heteroatoms. The Morgan fingerprint density at radius 1 is 1.38 bits per heavy atom. The second kappa shape index (κ2) is 5.95. The highest BCUT2D eigenvalue weighted by molar-refractivity contribution is 6.30. The SMILES string of the molecule is CN1[C@H]2CC[C@@H]1[C@H](OCC(=O)O)[C@H](c1ccc(Cl)cc1)C2. The normalized spacial score (nSPS) is 32.3. The lowest BCUT2D eigenvalue weighted by molar-refractivity contribution is -0.147. The summed E-state index contributed by atoms with van der Waals surface area (Å²) in [7, 11) is 2.12. The van der Waals surface area contributed by atoms with Crippen LogP contribution in [0.5, 0.6) is 0 Å². The molecule has 0 unspecified atom stereocenters. The van der Waals surface area contributed by atoms with Crippen LogP contribution in [0, 0.1) is 0 Å². The smallest absolute Gasteiger partial charge is 0.329 e. The minimum atomic E-state index is -0.910. The Hall–Kier alpha value is -1.10. The van der Waals surface area contributed by atoms with Gasteiger partial charge < -0.3 is 9.84 Å². The van der Waals surface area contributed by atoms with Gasteiger partial charge in [-0.15, -0.1) is 0 Å².